The van der Waals surface area contributed by atoms with Crippen molar-refractivity contribution < 1.29 is 13.2 Å². The zero-order valence-corrected chi connectivity index (χ0v) is 20.5. The molecule has 0 bridgehead atoms. The SMILES string of the molecule is Cc1cccc(N2CCN(CCC(=O)Nc3cc(S(=O)(=O)N4CCCC4)ccc3Cl)CC2)c1. The number of hydrogen-bond acceptors (Lipinski definition) is 5. The fourth-order valence-electron chi connectivity index (χ4n) is 4.36. The summed E-state index contributed by atoms with van der Waals surface area (Å²) < 4.78 is 27.1. The van der Waals surface area contributed by atoms with Gasteiger partial charge in [0.25, 0.3) is 0 Å². The van der Waals surface area contributed by atoms with Crippen LogP contribution in [0.2, 0.25) is 5.02 Å². The molecule has 7 nitrogen and oxygen atoms in total. The second-order valence-electron chi connectivity index (χ2n) is 8.72. The van der Waals surface area contributed by atoms with Gasteiger partial charge in [-0.15, -0.1) is 0 Å². The summed E-state index contributed by atoms with van der Waals surface area (Å²) in [6.07, 6.45) is 2.06. The maximum absolute atomic E-state index is 12.8. The van der Waals surface area contributed by atoms with Crippen LogP contribution < -0.4 is 10.2 Å². The van der Waals surface area contributed by atoms with Gasteiger partial charge in [0.1, 0.15) is 0 Å². The van der Waals surface area contributed by atoms with Gasteiger partial charge in [-0.3, -0.25) is 9.69 Å². The highest BCUT2D eigenvalue weighted by molar-refractivity contribution is 7.89. The van der Waals surface area contributed by atoms with E-state index in [9.17, 15) is 13.2 Å². The number of nitrogens with zero attached hydrogens (tertiary/aromatic N) is 3. The van der Waals surface area contributed by atoms with Crippen LogP contribution in [-0.2, 0) is 14.8 Å². The van der Waals surface area contributed by atoms with Crippen molar-refractivity contribution in [2.45, 2.75) is 31.1 Å². The summed E-state index contributed by atoms with van der Waals surface area (Å²) in [5.41, 5.74) is 2.83. The predicted octanol–water partition coefficient (Wildman–Crippen LogP) is 3.58. The van der Waals surface area contributed by atoms with Crippen LogP contribution in [0.15, 0.2) is 47.4 Å². The molecule has 178 valence electrons. The average molecular weight is 491 g/mol. The third-order valence-corrected chi connectivity index (χ3v) is 8.53. The van der Waals surface area contributed by atoms with E-state index in [1.165, 1.54) is 33.8 Å². The molecule has 2 aromatic carbocycles. The van der Waals surface area contributed by atoms with Gasteiger partial charge in [0.2, 0.25) is 15.9 Å². The molecule has 0 aliphatic carbocycles. The molecule has 2 heterocycles. The quantitative estimate of drug-likeness (QED) is 0.642. The molecule has 33 heavy (non-hydrogen) atoms. The van der Waals surface area contributed by atoms with Crippen molar-refractivity contribution in [2.24, 2.45) is 0 Å². The Morgan fingerprint density at radius 1 is 1.00 bits per heavy atom. The summed E-state index contributed by atoms with van der Waals surface area (Å²) in [5, 5.41) is 3.13. The second kappa shape index (κ2) is 10.4. The number of nitrogens with one attached hydrogen (secondary N) is 1. The maximum Gasteiger partial charge on any atom is 0.243 e. The van der Waals surface area contributed by atoms with E-state index >= 15 is 0 Å². The van der Waals surface area contributed by atoms with Crippen LogP contribution in [0.5, 0.6) is 0 Å². The number of sulfonamides is 1. The molecule has 0 unspecified atom stereocenters. The van der Waals surface area contributed by atoms with Crippen molar-refractivity contribution in [3.8, 4) is 0 Å². The van der Waals surface area contributed by atoms with E-state index in [-0.39, 0.29) is 10.8 Å². The molecule has 2 aromatic rings. The lowest BCUT2D eigenvalue weighted by atomic mass is 10.2. The van der Waals surface area contributed by atoms with Gasteiger partial charge in [-0.25, -0.2) is 8.42 Å². The number of aryl methyl sites for hydroxylation is 1. The van der Waals surface area contributed by atoms with Crippen molar-refractivity contribution in [2.75, 3.05) is 56.0 Å². The zero-order chi connectivity index (χ0) is 23.4. The molecule has 4 rings (SSSR count). The van der Waals surface area contributed by atoms with Crippen molar-refractivity contribution in [1.29, 1.82) is 0 Å². The molecule has 0 atom stereocenters. The largest absolute Gasteiger partial charge is 0.369 e. The smallest absolute Gasteiger partial charge is 0.243 e. The number of halogens is 1. The monoisotopic (exact) mass is 490 g/mol. The van der Waals surface area contributed by atoms with Crippen LogP contribution in [-0.4, -0.2) is 69.3 Å². The third kappa shape index (κ3) is 5.87. The van der Waals surface area contributed by atoms with Gasteiger partial charge in [0.05, 0.1) is 15.6 Å². The first kappa shape index (κ1) is 24.0. The van der Waals surface area contributed by atoms with Crippen LogP contribution >= 0.6 is 11.6 Å². The zero-order valence-electron chi connectivity index (χ0n) is 19.0. The van der Waals surface area contributed by atoms with Crippen LogP contribution in [0.1, 0.15) is 24.8 Å². The van der Waals surface area contributed by atoms with Crippen molar-refractivity contribution in [1.82, 2.24) is 9.21 Å². The summed E-state index contributed by atoms with van der Waals surface area (Å²) in [5.74, 6) is -0.172. The van der Waals surface area contributed by atoms with Gasteiger partial charge < -0.3 is 10.2 Å². The summed E-state index contributed by atoms with van der Waals surface area (Å²) in [6.45, 7) is 7.45. The van der Waals surface area contributed by atoms with Gasteiger partial charge in [-0.05, 0) is 55.7 Å². The molecule has 0 radical (unpaired) electrons. The number of carbonyl (C=O) groups is 1. The Morgan fingerprint density at radius 2 is 1.73 bits per heavy atom. The lowest BCUT2D eigenvalue weighted by Crippen LogP contribution is -2.47. The van der Waals surface area contributed by atoms with Gasteiger partial charge in [0, 0.05) is 57.9 Å². The Bertz CT molecular complexity index is 1090. The molecule has 0 aromatic heterocycles. The Hall–Kier alpha value is -2.13. The third-order valence-electron chi connectivity index (χ3n) is 6.31. The Balaban J connectivity index is 1.29. The minimum Gasteiger partial charge on any atom is -0.369 e. The van der Waals surface area contributed by atoms with Crippen LogP contribution in [0.25, 0.3) is 0 Å². The Morgan fingerprint density at radius 3 is 2.42 bits per heavy atom. The summed E-state index contributed by atoms with van der Waals surface area (Å²) in [4.78, 5) is 17.4. The minimum absolute atomic E-state index is 0.163. The van der Waals surface area contributed by atoms with E-state index in [1.54, 1.807) is 0 Å². The second-order valence-corrected chi connectivity index (χ2v) is 11.1. The van der Waals surface area contributed by atoms with Gasteiger partial charge in [0.15, 0.2) is 0 Å². The molecule has 0 spiro atoms. The summed E-state index contributed by atoms with van der Waals surface area (Å²) in [7, 11) is -3.56. The van der Waals surface area contributed by atoms with E-state index < -0.39 is 10.0 Å². The summed E-state index contributed by atoms with van der Waals surface area (Å²) in [6, 6.07) is 13.0. The number of amides is 1. The highest BCUT2D eigenvalue weighted by Crippen LogP contribution is 2.28. The minimum atomic E-state index is -3.56. The molecule has 2 aliphatic rings. The van der Waals surface area contributed by atoms with Crippen molar-refractivity contribution in [3.05, 3.63) is 53.1 Å². The Labute approximate surface area is 201 Å². The van der Waals surface area contributed by atoms with E-state index in [4.69, 9.17) is 11.6 Å². The molecule has 2 saturated heterocycles. The topological polar surface area (TPSA) is 73.0 Å². The average Bonchev–Trinajstić information content (AvgIpc) is 3.35. The molecule has 2 fully saturated rings. The van der Waals surface area contributed by atoms with Gasteiger partial charge >= 0.3 is 0 Å². The van der Waals surface area contributed by atoms with Crippen LogP contribution in [0, 0.1) is 6.92 Å². The van der Waals surface area contributed by atoms with E-state index in [2.05, 4.69) is 46.3 Å². The van der Waals surface area contributed by atoms with Crippen molar-refractivity contribution in [3.63, 3.8) is 0 Å². The Kier molecular flexibility index (Phi) is 7.58. The van der Waals surface area contributed by atoms with E-state index in [0.29, 0.717) is 36.8 Å². The van der Waals surface area contributed by atoms with E-state index in [1.807, 2.05) is 0 Å². The maximum atomic E-state index is 12.8. The highest BCUT2D eigenvalue weighted by Gasteiger charge is 2.28. The molecule has 0 saturated carbocycles. The number of hydrogen-bond donors (Lipinski definition) is 1. The molecule has 9 heteroatoms. The molecule has 2 aliphatic heterocycles. The van der Waals surface area contributed by atoms with Crippen LogP contribution in [0.3, 0.4) is 0 Å². The summed E-state index contributed by atoms with van der Waals surface area (Å²) >= 11 is 6.25. The molecular weight excluding hydrogens is 460 g/mol. The first-order valence-corrected chi connectivity index (χ1v) is 13.3. The number of rotatable bonds is 7. The molecule has 1 amide bonds. The predicted molar refractivity (Wildman–Crippen MR) is 133 cm³/mol. The standard InChI is InChI=1S/C24H31ClN4O3S/c1-19-5-4-6-20(17-19)28-15-13-27(14-16-28)12-9-24(30)26-23-18-21(7-8-22(23)25)33(31,32)29-10-2-3-11-29/h4-8,17-18H,2-3,9-16H2,1H3,(H,26,30). The molecular formula is C24H31ClN4O3S. The number of piperazine rings is 1. The normalized spacial score (nSPS) is 17.9. The number of anilines is 2. The van der Waals surface area contributed by atoms with E-state index in [0.717, 1.165) is 39.0 Å². The van der Waals surface area contributed by atoms with Crippen molar-refractivity contribution >= 4 is 38.9 Å². The highest BCUT2D eigenvalue weighted by atomic mass is 35.5. The fourth-order valence-corrected chi connectivity index (χ4v) is 6.07. The fraction of sp³-hybridized carbons (Fsp3) is 0.458. The lowest BCUT2D eigenvalue weighted by molar-refractivity contribution is -0.116. The van der Waals surface area contributed by atoms with Gasteiger partial charge in [-0.2, -0.15) is 4.31 Å². The molecule has 1 N–H and O–H groups in total. The number of benzene rings is 2. The first-order valence-electron chi connectivity index (χ1n) is 11.5. The van der Waals surface area contributed by atoms with Gasteiger partial charge in [-0.1, -0.05) is 23.7 Å². The first-order chi connectivity index (χ1) is 15.8. The number of carbonyl (C=O) groups excluding carboxylic acids is 1. The van der Waals surface area contributed by atoms with Crippen LogP contribution in [0.4, 0.5) is 11.4 Å². The lowest BCUT2D eigenvalue weighted by Gasteiger charge is -2.36.